The molecular formula is C23H18F3N7O. The number of rotatable bonds is 4. The standard InChI is InChI=1S/C23H18F3N7O/c1-12(13-4-2-5-14(10-13)23(24,25)26)33-21-18(17(11-27)32-33)22(34)31-20(30-21)16-7-6-15(16)19-28-8-3-9-29-19/h2-5,8-10,12,15-16H,6-7H2,1H3,(H,30,31,34)/t12-,15-,16-/m0/s1. The van der Waals surface area contributed by atoms with Gasteiger partial charge in [0, 0.05) is 24.2 Å². The van der Waals surface area contributed by atoms with E-state index in [1.807, 2.05) is 6.07 Å². The molecular weight excluding hydrogens is 447 g/mol. The molecule has 0 spiro atoms. The Bertz CT molecular complexity index is 1470. The van der Waals surface area contributed by atoms with Gasteiger partial charge in [-0.2, -0.15) is 23.5 Å². The number of halogens is 3. The maximum Gasteiger partial charge on any atom is 0.416 e. The number of nitrogens with zero attached hydrogens (tertiary/aromatic N) is 6. The third-order valence-electron chi connectivity index (χ3n) is 6.29. The highest BCUT2D eigenvalue weighted by Gasteiger charge is 2.38. The van der Waals surface area contributed by atoms with E-state index in [9.17, 15) is 23.2 Å². The van der Waals surface area contributed by atoms with E-state index < -0.39 is 23.3 Å². The first-order valence-electron chi connectivity index (χ1n) is 10.6. The number of alkyl halides is 3. The van der Waals surface area contributed by atoms with Gasteiger partial charge in [-0.1, -0.05) is 12.1 Å². The van der Waals surface area contributed by atoms with Crippen LogP contribution in [0.4, 0.5) is 13.2 Å². The molecule has 3 aromatic heterocycles. The van der Waals surface area contributed by atoms with E-state index in [0.29, 0.717) is 17.2 Å². The number of H-pyrrole nitrogens is 1. The Morgan fingerprint density at radius 3 is 2.56 bits per heavy atom. The van der Waals surface area contributed by atoms with Crippen LogP contribution in [0.2, 0.25) is 0 Å². The van der Waals surface area contributed by atoms with E-state index in [0.717, 1.165) is 25.0 Å². The van der Waals surface area contributed by atoms with Crippen LogP contribution in [0.1, 0.15) is 66.1 Å². The van der Waals surface area contributed by atoms with Crippen molar-refractivity contribution in [3.05, 3.63) is 81.5 Å². The molecule has 1 aromatic carbocycles. The van der Waals surface area contributed by atoms with Crippen molar-refractivity contribution >= 4 is 11.0 Å². The molecule has 0 unspecified atom stereocenters. The molecule has 8 nitrogen and oxygen atoms in total. The predicted octanol–water partition coefficient (Wildman–Crippen LogP) is 4.07. The van der Waals surface area contributed by atoms with Crippen molar-refractivity contribution in [3.63, 3.8) is 0 Å². The van der Waals surface area contributed by atoms with Gasteiger partial charge in [-0.15, -0.1) is 0 Å². The molecule has 0 radical (unpaired) electrons. The molecule has 0 amide bonds. The van der Waals surface area contributed by atoms with Crippen molar-refractivity contribution in [2.45, 2.75) is 43.8 Å². The fourth-order valence-electron chi connectivity index (χ4n) is 4.34. The minimum Gasteiger partial charge on any atom is -0.310 e. The Balaban J connectivity index is 1.61. The quantitative estimate of drug-likeness (QED) is 0.486. The van der Waals surface area contributed by atoms with E-state index in [1.54, 1.807) is 31.5 Å². The van der Waals surface area contributed by atoms with Crippen molar-refractivity contribution in [1.82, 2.24) is 29.7 Å². The van der Waals surface area contributed by atoms with Gasteiger partial charge in [0.05, 0.1) is 11.6 Å². The molecule has 1 N–H and O–H groups in total. The molecule has 1 saturated carbocycles. The highest BCUT2D eigenvalue weighted by atomic mass is 19.4. The van der Waals surface area contributed by atoms with Gasteiger partial charge in [-0.3, -0.25) is 4.79 Å². The molecule has 172 valence electrons. The van der Waals surface area contributed by atoms with Crippen molar-refractivity contribution in [2.24, 2.45) is 0 Å². The lowest BCUT2D eigenvalue weighted by Crippen LogP contribution is -2.28. The van der Waals surface area contributed by atoms with Crippen LogP contribution >= 0.6 is 0 Å². The number of hydrogen-bond donors (Lipinski definition) is 1. The highest BCUT2D eigenvalue weighted by molar-refractivity contribution is 5.80. The third kappa shape index (κ3) is 3.61. The molecule has 5 rings (SSSR count). The first-order valence-corrected chi connectivity index (χ1v) is 10.6. The Morgan fingerprint density at radius 1 is 1.18 bits per heavy atom. The van der Waals surface area contributed by atoms with Crippen LogP contribution in [-0.2, 0) is 6.18 Å². The molecule has 1 fully saturated rings. The van der Waals surface area contributed by atoms with Crippen LogP contribution < -0.4 is 5.56 Å². The number of nitriles is 1. The maximum absolute atomic E-state index is 13.2. The van der Waals surface area contributed by atoms with Gasteiger partial charge in [-0.25, -0.2) is 19.6 Å². The zero-order valence-electron chi connectivity index (χ0n) is 17.9. The first kappa shape index (κ1) is 21.8. The van der Waals surface area contributed by atoms with Crippen LogP contribution in [0, 0.1) is 11.3 Å². The summed E-state index contributed by atoms with van der Waals surface area (Å²) in [6.45, 7) is 1.65. The summed E-state index contributed by atoms with van der Waals surface area (Å²) in [6, 6.07) is 7.79. The van der Waals surface area contributed by atoms with Gasteiger partial charge >= 0.3 is 6.18 Å². The largest absolute Gasteiger partial charge is 0.416 e. The third-order valence-corrected chi connectivity index (χ3v) is 6.29. The lowest BCUT2D eigenvalue weighted by Gasteiger charge is -2.34. The Morgan fingerprint density at radius 2 is 1.91 bits per heavy atom. The summed E-state index contributed by atoms with van der Waals surface area (Å²) in [4.78, 5) is 29.0. The number of hydrogen-bond acceptors (Lipinski definition) is 6. The van der Waals surface area contributed by atoms with Crippen LogP contribution in [0.5, 0.6) is 0 Å². The molecule has 11 heteroatoms. The maximum atomic E-state index is 13.2. The van der Waals surface area contributed by atoms with Gasteiger partial charge < -0.3 is 4.98 Å². The van der Waals surface area contributed by atoms with Crippen LogP contribution in [-0.4, -0.2) is 29.7 Å². The summed E-state index contributed by atoms with van der Waals surface area (Å²) in [5, 5.41) is 13.8. The second kappa shape index (κ2) is 8.06. The summed E-state index contributed by atoms with van der Waals surface area (Å²) in [6.07, 6.45) is 0.408. The predicted molar refractivity (Wildman–Crippen MR) is 115 cm³/mol. The molecule has 0 saturated heterocycles. The lowest BCUT2D eigenvalue weighted by atomic mass is 9.72. The summed E-state index contributed by atoms with van der Waals surface area (Å²) in [7, 11) is 0. The molecule has 1 aliphatic rings. The zero-order valence-corrected chi connectivity index (χ0v) is 17.9. The Labute approximate surface area is 191 Å². The Hall–Kier alpha value is -4.07. The number of nitrogens with one attached hydrogen (secondary N) is 1. The topological polar surface area (TPSA) is 113 Å². The van der Waals surface area contributed by atoms with Gasteiger partial charge in [0.2, 0.25) is 0 Å². The smallest absolute Gasteiger partial charge is 0.310 e. The number of aromatic nitrogens is 6. The van der Waals surface area contributed by atoms with Gasteiger partial charge in [0.15, 0.2) is 11.3 Å². The second-order valence-electron chi connectivity index (χ2n) is 8.25. The average Bonchev–Trinajstić information content (AvgIpc) is 3.17. The molecule has 0 aliphatic heterocycles. The average molecular weight is 465 g/mol. The van der Waals surface area contributed by atoms with Crippen molar-refractivity contribution in [3.8, 4) is 6.07 Å². The minimum absolute atomic E-state index is 0.0110. The lowest BCUT2D eigenvalue weighted by molar-refractivity contribution is -0.137. The van der Waals surface area contributed by atoms with Crippen LogP contribution in [0.3, 0.4) is 0 Å². The first-order chi connectivity index (χ1) is 16.3. The van der Waals surface area contributed by atoms with Gasteiger partial charge in [0.1, 0.15) is 23.1 Å². The fourth-order valence-corrected chi connectivity index (χ4v) is 4.34. The molecule has 4 aromatic rings. The van der Waals surface area contributed by atoms with E-state index in [1.165, 1.54) is 10.7 Å². The number of benzene rings is 1. The molecule has 3 atom stereocenters. The van der Waals surface area contributed by atoms with E-state index in [-0.39, 0.29) is 28.6 Å². The summed E-state index contributed by atoms with van der Waals surface area (Å²) in [5.41, 5.74) is -0.962. The molecule has 0 bridgehead atoms. The normalized spacial score (nSPS) is 18.9. The van der Waals surface area contributed by atoms with E-state index in [2.05, 4.69) is 25.0 Å². The molecule has 34 heavy (non-hydrogen) atoms. The van der Waals surface area contributed by atoms with Crippen LogP contribution in [0.15, 0.2) is 47.5 Å². The van der Waals surface area contributed by atoms with Gasteiger partial charge in [-0.05, 0) is 43.5 Å². The fraction of sp³-hybridized carbons (Fsp3) is 0.304. The summed E-state index contributed by atoms with van der Waals surface area (Å²) in [5.74, 6) is 0.930. The van der Waals surface area contributed by atoms with Crippen LogP contribution in [0.25, 0.3) is 11.0 Å². The zero-order chi connectivity index (χ0) is 24.0. The van der Waals surface area contributed by atoms with E-state index >= 15 is 0 Å². The number of fused-ring (bicyclic) bond motifs is 1. The summed E-state index contributed by atoms with van der Waals surface area (Å²) < 4.78 is 41.0. The monoisotopic (exact) mass is 465 g/mol. The summed E-state index contributed by atoms with van der Waals surface area (Å²) >= 11 is 0. The van der Waals surface area contributed by atoms with E-state index in [4.69, 9.17) is 0 Å². The SMILES string of the molecule is C[C@@H](c1cccc(C(F)(F)F)c1)n1nc(C#N)c2c(=O)[nH]c([C@H]3CC[C@@H]3c3ncccn3)nc21. The van der Waals surface area contributed by atoms with Crippen molar-refractivity contribution in [1.29, 1.82) is 5.26 Å². The molecule has 1 aliphatic carbocycles. The Kier molecular flexibility index (Phi) is 5.16. The van der Waals surface area contributed by atoms with Crippen molar-refractivity contribution in [2.75, 3.05) is 0 Å². The number of aromatic amines is 1. The highest BCUT2D eigenvalue weighted by Crippen LogP contribution is 2.46. The van der Waals surface area contributed by atoms with Crippen molar-refractivity contribution < 1.29 is 13.2 Å². The second-order valence-corrected chi connectivity index (χ2v) is 8.25. The molecule has 3 heterocycles. The van der Waals surface area contributed by atoms with Gasteiger partial charge in [0.25, 0.3) is 5.56 Å². The minimum atomic E-state index is -4.50.